The largest absolute Gasteiger partial charge is 0.311 e. The minimum absolute atomic E-state index is 0. The van der Waals surface area contributed by atoms with E-state index in [2.05, 4.69) is 48.3 Å². The molecule has 0 spiro atoms. The SMILES string of the molecule is CCc1ccc(CNCC2CCCN2CC)cc1.Cl.Cl. The summed E-state index contributed by atoms with van der Waals surface area (Å²) in [5.41, 5.74) is 2.82. The van der Waals surface area contributed by atoms with Crippen molar-refractivity contribution >= 4 is 24.8 Å². The Morgan fingerprint density at radius 3 is 2.35 bits per heavy atom. The number of rotatable bonds is 6. The molecule has 4 heteroatoms. The van der Waals surface area contributed by atoms with E-state index in [0.29, 0.717) is 0 Å². The van der Waals surface area contributed by atoms with Crippen molar-refractivity contribution in [1.29, 1.82) is 0 Å². The number of nitrogens with one attached hydrogen (secondary N) is 1. The van der Waals surface area contributed by atoms with Gasteiger partial charge in [0, 0.05) is 19.1 Å². The second-order valence-electron chi connectivity index (χ2n) is 5.23. The van der Waals surface area contributed by atoms with E-state index >= 15 is 0 Å². The lowest BCUT2D eigenvalue weighted by molar-refractivity contribution is 0.260. The Balaban J connectivity index is 0.00000180. The molecule has 1 aliphatic rings. The number of hydrogen-bond acceptors (Lipinski definition) is 2. The maximum Gasteiger partial charge on any atom is 0.0221 e. The third kappa shape index (κ3) is 5.61. The predicted octanol–water partition coefficient (Wildman–Crippen LogP) is 3.67. The first kappa shape index (κ1) is 19.7. The van der Waals surface area contributed by atoms with Crippen molar-refractivity contribution in [2.24, 2.45) is 0 Å². The van der Waals surface area contributed by atoms with E-state index in [-0.39, 0.29) is 24.8 Å². The van der Waals surface area contributed by atoms with Crippen LogP contribution in [0.25, 0.3) is 0 Å². The van der Waals surface area contributed by atoms with Crippen LogP contribution in [0.15, 0.2) is 24.3 Å². The molecule has 1 saturated heterocycles. The van der Waals surface area contributed by atoms with Gasteiger partial charge in [0.1, 0.15) is 0 Å². The van der Waals surface area contributed by atoms with Gasteiger partial charge in [0.2, 0.25) is 0 Å². The summed E-state index contributed by atoms with van der Waals surface area (Å²) in [5.74, 6) is 0. The molecule has 0 bridgehead atoms. The zero-order chi connectivity index (χ0) is 12.8. The number of benzene rings is 1. The molecule has 1 unspecified atom stereocenters. The van der Waals surface area contributed by atoms with Crippen molar-refractivity contribution in [3.05, 3.63) is 35.4 Å². The number of likely N-dealkylation sites (N-methyl/N-ethyl adjacent to an activating group) is 1. The fourth-order valence-electron chi connectivity index (χ4n) is 2.82. The highest BCUT2D eigenvalue weighted by molar-refractivity contribution is 5.85. The number of likely N-dealkylation sites (tertiary alicyclic amines) is 1. The van der Waals surface area contributed by atoms with Crippen LogP contribution in [0.4, 0.5) is 0 Å². The summed E-state index contributed by atoms with van der Waals surface area (Å²) in [6, 6.07) is 9.73. The Bertz CT molecular complexity index is 354. The van der Waals surface area contributed by atoms with Gasteiger partial charge < -0.3 is 5.32 Å². The molecule has 1 heterocycles. The first-order valence-corrected chi connectivity index (χ1v) is 7.36. The first-order valence-electron chi connectivity index (χ1n) is 7.36. The lowest BCUT2D eigenvalue weighted by atomic mass is 10.1. The molecule has 2 rings (SSSR count). The lowest BCUT2D eigenvalue weighted by Gasteiger charge is -2.23. The van der Waals surface area contributed by atoms with Gasteiger partial charge in [-0.3, -0.25) is 4.90 Å². The van der Waals surface area contributed by atoms with Crippen molar-refractivity contribution in [3.8, 4) is 0 Å². The van der Waals surface area contributed by atoms with Crippen LogP contribution in [0.3, 0.4) is 0 Å². The second-order valence-corrected chi connectivity index (χ2v) is 5.23. The van der Waals surface area contributed by atoms with Crippen LogP contribution in [0.5, 0.6) is 0 Å². The molecule has 1 N–H and O–H groups in total. The summed E-state index contributed by atoms with van der Waals surface area (Å²) in [4.78, 5) is 2.59. The molecule has 20 heavy (non-hydrogen) atoms. The lowest BCUT2D eigenvalue weighted by Crippen LogP contribution is -2.37. The number of nitrogens with zero attached hydrogens (tertiary/aromatic N) is 1. The van der Waals surface area contributed by atoms with Crippen LogP contribution in [-0.4, -0.2) is 30.6 Å². The Morgan fingerprint density at radius 1 is 1.10 bits per heavy atom. The summed E-state index contributed by atoms with van der Waals surface area (Å²) in [6.45, 7) is 9.07. The molecule has 1 fully saturated rings. The van der Waals surface area contributed by atoms with E-state index in [9.17, 15) is 0 Å². The summed E-state index contributed by atoms with van der Waals surface area (Å²) in [7, 11) is 0. The first-order chi connectivity index (χ1) is 8.83. The molecular formula is C16H28Cl2N2. The maximum atomic E-state index is 3.60. The zero-order valence-electron chi connectivity index (χ0n) is 12.6. The summed E-state index contributed by atoms with van der Waals surface area (Å²) in [6.07, 6.45) is 3.85. The van der Waals surface area contributed by atoms with Gasteiger partial charge in [-0.15, -0.1) is 24.8 Å². The fraction of sp³-hybridized carbons (Fsp3) is 0.625. The monoisotopic (exact) mass is 318 g/mol. The molecule has 1 aromatic rings. The number of halogens is 2. The van der Waals surface area contributed by atoms with E-state index in [1.807, 2.05) is 0 Å². The van der Waals surface area contributed by atoms with Gasteiger partial charge >= 0.3 is 0 Å². The van der Waals surface area contributed by atoms with Gasteiger partial charge in [-0.1, -0.05) is 38.1 Å². The van der Waals surface area contributed by atoms with Gasteiger partial charge in [0.25, 0.3) is 0 Å². The Hall–Kier alpha value is -0.280. The fourth-order valence-corrected chi connectivity index (χ4v) is 2.82. The highest BCUT2D eigenvalue weighted by atomic mass is 35.5. The van der Waals surface area contributed by atoms with Crippen molar-refractivity contribution < 1.29 is 0 Å². The highest BCUT2D eigenvalue weighted by Crippen LogP contribution is 2.15. The van der Waals surface area contributed by atoms with Crippen molar-refractivity contribution in [3.63, 3.8) is 0 Å². The van der Waals surface area contributed by atoms with Crippen LogP contribution < -0.4 is 5.32 Å². The average molecular weight is 319 g/mol. The minimum atomic E-state index is 0. The minimum Gasteiger partial charge on any atom is -0.311 e. The Labute approximate surface area is 136 Å². The summed E-state index contributed by atoms with van der Waals surface area (Å²) in [5, 5.41) is 3.60. The van der Waals surface area contributed by atoms with Gasteiger partial charge in [-0.25, -0.2) is 0 Å². The van der Waals surface area contributed by atoms with Crippen LogP contribution in [-0.2, 0) is 13.0 Å². The van der Waals surface area contributed by atoms with Gasteiger partial charge in [0.15, 0.2) is 0 Å². The molecule has 0 amide bonds. The molecule has 116 valence electrons. The smallest absolute Gasteiger partial charge is 0.0221 e. The summed E-state index contributed by atoms with van der Waals surface area (Å²) >= 11 is 0. The van der Waals surface area contributed by atoms with Crippen LogP contribution in [0, 0.1) is 0 Å². The van der Waals surface area contributed by atoms with E-state index in [4.69, 9.17) is 0 Å². The third-order valence-corrected chi connectivity index (χ3v) is 4.05. The standard InChI is InChI=1S/C16H26N2.2ClH/c1-3-14-7-9-15(10-8-14)12-17-13-16-6-5-11-18(16)4-2;;/h7-10,16-17H,3-6,11-13H2,1-2H3;2*1H. The average Bonchev–Trinajstić information content (AvgIpc) is 2.87. The van der Waals surface area contributed by atoms with Crippen LogP contribution >= 0.6 is 24.8 Å². The van der Waals surface area contributed by atoms with Crippen molar-refractivity contribution in [1.82, 2.24) is 10.2 Å². The molecule has 0 radical (unpaired) electrons. The second kappa shape index (κ2) is 10.4. The number of hydrogen-bond donors (Lipinski definition) is 1. The summed E-state index contributed by atoms with van der Waals surface area (Å²) < 4.78 is 0. The molecule has 1 aromatic carbocycles. The molecule has 0 aliphatic carbocycles. The normalized spacial score (nSPS) is 18.4. The topological polar surface area (TPSA) is 15.3 Å². The molecule has 0 aromatic heterocycles. The Morgan fingerprint density at radius 2 is 1.75 bits per heavy atom. The number of aryl methyl sites for hydroxylation is 1. The van der Waals surface area contributed by atoms with E-state index in [1.165, 1.54) is 37.1 Å². The van der Waals surface area contributed by atoms with Gasteiger partial charge in [0.05, 0.1) is 0 Å². The van der Waals surface area contributed by atoms with Gasteiger partial charge in [-0.05, 0) is 43.5 Å². The van der Waals surface area contributed by atoms with E-state index in [0.717, 1.165) is 25.6 Å². The van der Waals surface area contributed by atoms with Gasteiger partial charge in [-0.2, -0.15) is 0 Å². The van der Waals surface area contributed by atoms with Crippen molar-refractivity contribution in [2.75, 3.05) is 19.6 Å². The highest BCUT2D eigenvalue weighted by Gasteiger charge is 2.21. The quantitative estimate of drug-likeness (QED) is 0.861. The third-order valence-electron chi connectivity index (χ3n) is 4.05. The van der Waals surface area contributed by atoms with E-state index in [1.54, 1.807) is 0 Å². The van der Waals surface area contributed by atoms with Crippen molar-refractivity contribution in [2.45, 2.75) is 45.7 Å². The zero-order valence-corrected chi connectivity index (χ0v) is 14.2. The molecule has 1 atom stereocenters. The Kier molecular flexibility index (Phi) is 10.3. The van der Waals surface area contributed by atoms with Crippen LogP contribution in [0.1, 0.15) is 37.8 Å². The molecule has 1 aliphatic heterocycles. The van der Waals surface area contributed by atoms with Crippen LogP contribution in [0.2, 0.25) is 0 Å². The predicted molar refractivity (Wildman–Crippen MR) is 92.3 cm³/mol. The maximum absolute atomic E-state index is 3.60. The molecule has 0 saturated carbocycles. The molecular weight excluding hydrogens is 291 g/mol. The van der Waals surface area contributed by atoms with E-state index < -0.39 is 0 Å². The molecule has 2 nitrogen and oxygen atoms in total.